The molecule has 1 fully saturated rings. The van der Waals surface area contributed by atoms with Crippen LogP contribution in [0.5, 0.6) is 0 Å². The second-order valence-corrected chi connectivity index (χ2v) is 6.05. The fourth-order valence-corrected chi connectivity index (χ4v) is 2.65. The van der Waals surface area contributed by atoms with Gasteiger partial charge in [0.1, 0.15) is 0 Å². The molecule has 1 aromatic carbocycles. The predicted octanol–water partition coefficient (Wildman–Crippen LogP) is 1.58. The molecular weight excluding hydrogens is 334 g/mol. The van der Waals surface area contributed by atoms with E-state index in [0.29, 0.717) is 30.0 Å². The molecule has 7 nitrogen and oxygen atoms in total. The van der Waals surface area contributed by atoms with Crippen LogP contribution >= 0.6 is 11.6 Å². The zero-order valence-electron chi connectivity index (χ0n) is 13.1. The van der Waals surface area contributed by atoms with Crippen molar-refractivity contribution in [2.75, 3.05) is 26.2 Å². The minimum absolute atomic E-state index is 0.221. The van der Waals surface area contributed by atoms with Crippen molar-refractivity contribution in [3.63, 3.8) is 0 Å². The van der Waals surface area contributed by atoms with E-state index in [9.17, 15) is 14.4 Å². The predicted molar refractivity (Wildman–Crippen MR) is 89.1 cm³/mol. The minimum atomic E-state index is -0.872. The van der Waals surface area contributed by atoms with Crippen molar-refractivity contribution >= 4 is 29.5 Å². The molecule has 1 saturated heterocycles. The number of benzene rings is 1. The topological polar surface area (TPSA) is 98.7 Å². The normalized spacial score (nSPS) is 17.2. The molecule has 0 spiro atoms. The maximum Gasteiger partial charge on any atom is 0.317 e. The molecule has 1 heterocycles. The Labute approximate surface area is 145 Å². The van der Waals surface area contributed by atoms with Crippen molar-refractivity contribution < 1.29 is 19.5 Å². The molecule has 2 rings (SSSR count). The van der Waals surface area contributed by atoms with Gasteiger partial charge in [-0.05, 0) is 37.1 Å². The third-order valence-corrected chi connectivity index (χ3v) is 4.10. The lowest BCUT2D eigenvalue weighted by atomic mass is 9.99. The van der Waals surface area contributed by atoms with Gasteiger partial charge in [-0.1, -0.05) is 11.6 Å². The molecule has 0 bridgehead atoms. The third-order valence-electron chi connectivity index (χ3n) is 3.85. The number of rotatable bonds is 5. The van der Waals surface area contributed by atoms with Gasteiger partial charge < -0.3 is 20.6 Å². The van der Waals surface area contributed by atoms with Crippen LogP contribution in [0.25, 0.3) is 0 Å². The lowest BCUT2D eigenvalue weighted by Crippen LogP contribution is -2.48. The average Bonchev–Trinajstić information content (AvgIpc) is 2.59. The minimum Gasteiger partial charge on any atom is -0.481 e. The number of carboxylic acids is 1. The SMILES string of the molecule is O=C(NCCNC(=O)N1CCCC(C(=O)O)C1)c1ccc(Cl)cc1. The monoisotopic (exact) mass is 353 g/mol. The molecule has 0 aromatic heterocycles. The molecule has 1 atom stereocenters. The van der Waals surface area contributed by atoms with E-state index in [0.717, 1.165) is 0 Å². The highest BCUT2D eigenvalue weighted by molar-refractivity contribution is 6.30. The number of urea groups is 1. The molecular formula is C16H20ClN3O4. The summed E-state index contributed by atoms with van der Waals surface area (Å²) in [6.45, 7) is 1.32. The lowest BCUT2D eigenvalue weighted by Gasteiger charge is -2.30. The van der Waals surface area contributed by atoms with E-state index in [4.69, 9.17) is 16.7 Å². The highest BCUT2D eigenvalue weighted by Crippen LogP contribution is 2.16. The van der Waals surface area contributed by atoms with Crippen molar-refractivity contribution in [3.05, 3.63) is 34.9 Å². The number of carbonyl (C=O) groups excluding carboxylic acids is 2. The molecule has 0 radical (unpaired) electrons. The number of hydrogen-bond acceptors (Lipinski definition) is 3. The quantitative estimate of drug-likeness (QED) is 0.700. The number of piperidine rings is 1. The number of carbonyl (C=O) groups is 3. The average molecular weight is 354 g/mol. The number of amides is 3. The molecule has 1 unspecified atom stereocenters. The van der Waals surface area contributed by atoms with E-state index in [-0.39, 0.29) is 31.6 Å². The van der Waals surface area contributed by atoms with E-state index in [1.165, 1.54) is 4.90 Å². The number of nitrogens with one attached hydrogen (secondary N) is 2. The van der Waals surface area contributed by atoms with Crippen molar-refractivity contribution in [2.45, 2.75) is 12.8 Å². The van der Waals surface area contributed by atoms with Crippen LogP contribution in [-0.2, 0) is 4.79 Å². The van der Waals surface area contributed by atoms with Gasteiger partial charge in [0.05, 0.1) is 5.92 Å². The van der Waals surface area contributed by atoms with Crippen LogP contribution in [0.3, 0.4) is 0 Å². The summed E-state index contributed by atoms with van der Waals surface area (Å²) in [5.41, 5.74) is 0.492. The summed E-state index contributed by atoms with van der Waals surface area (Å²) in [6, 6.07) is 6.20. The number of hydrogen-bond donors (Lipinski definition) is 3. The maximum atomic E-state index is 12.0. The number of halogens is 1. The van der Waals surface area contributed by atoms with Gasteiger partial charge in [-0.3, -0.25) is 9.59 Å². The van der Waals surface area contributed by atoms with Gasteiger partial charge in [-0.25, -0.2) is 4.79 Å². The maximum absolute atomic E-state index is 12.0. The van der Waals surface area contributed by atoms with E-state index < -0.39 is 11.9 Å². The number of nitrogens with zero attached hydrogens (tertiary/aromatic N) is 1. The Morgan fingerprint density at radius 1 is 1.17 bits per heavy atom. The van der Waals surface area contributed by atoms with Crippen LogP contribution in [0, 0.1) is 5.92 Å². The lowest BCUT2D eigenvalue weighted by molar-refractivity contribution is -0.143. The largest absolute Gasteiger partial charge is 0.481 e. The first-order valence-electron chi connectivity index (χ1n) is 7.76. The summed E-state index contributed by atoms with van der Waals surface area (Å²) in [5.74, 6) is -1.62. The van der Waals surface area contributed by atoms with Crippen LogP contribution in [0.1, 0.15) is 23.2 Å². The van der Waals surface area contributed by atoms with Crippen LogP contribution in [0.2, 0.25) is 5.02 Å². The molecule has 1 aliphatic rings. The Bertz CT molecular complexity index is 606. The first-order valence-corrected chi connectivity index (χ1v) is 8.14. The van der Waals surface area contributed by atoms with E-state index in [1.54, 1.807) is 24.3 Å². The Balaban J connectivity index is 1.70. The molecule has 0 saturated carbocycles. The molecule has 24 heavy (non-hydrogen) atoms. The summed E-state index contributed by atoms with van der Waals surface area (Å²) in [5, 5.41) is 15.0. The van der Waals surface area contributed by atoms with Crippen LogP contribution in [0.4, 0.5) is 4.79 Å². The Kier molecular flexibility index (Phi) is 6.43. The molecule has 0 aliphatic carbocycles. The van der Waals surface area contributed by atoms with Gasteiger partial charge in [-0.15, -0.1) is 0 Å². The second-order valence-electron chi connectivity index (χ2n) is 5.62. The van der Waals surface area contributed by atoms with Gasteiger partial charge in [0.15, 0.2) is 0 Å². The Morgan fingerprint density at radius 3 is 2.50 bits per heavy atom. The van der Waals surface area contributed by atoms with Crippen LogP contribution in [-0.4, -0.2) is 54.1 Å². The van der Waals surface area contributed by atoms with E-state index in [2.05, 4.69) is 10.6 Å². The van der Waals surface area contributed by atoms with E-state index in [1.807, 2.05) is 0 Å². The molecule has 3 N–H and O–H groups in total. The zero-order chi connectivity index (χ0) is 17.5. The summed E-state index contributed by atoms with van der Waals surface area (Å²) in [7, 11) is 0. The molecule has 130 valence electrons. The van der Waals surface area contributed by atoms with Crippen molar-refractivity contribution in [3.8, 4) is 0 Å². The molecule has 3 amide bonds. The summed E-state index contributed by atoms with van der Waals surface area (Å²) in [6.07, 6.45) is 1.27. The molecule has 1 aromatic rings. The molecule has 1 aliphatic heterocycles. The fraction of sp³-hybridized carbons (Fsp3) is 0.438. The summed E-state index contributed by atoms with van der Waals surface area (Å²) >= 11 is 5.76. The van der Waals surface area contributed by atoms with Crippen LogP contribution < -0.4 is 10.6 Å². The highest BCUT2D eigenvalue weighted by Gasteiger charge is 2.27. The van der Waals surface area contributed by atoms with E-state index >= 15 is 0 Å². The van der Waals surface area contributed by atoms with Crippen molar-refractivity contribution in [1.29, 1.82) is 0 Å². The van der Waals surface area contributed by atoms with Gasteiger partial charge in [0.2, 0.25) is 0 Å². The fourth-order valence-electron chi connectivity index (χ4n) is 2.52. The van der Waals surface area contributed by atoms with Gasteiger partial charge in [0.25, 0.3) is 5.91 Å². The number of likely N-dealkylation sites (tertiary alicyclic amines) is 1. The van der Waals surface area contributed by atoms with Crippen molar-refractivity contribution in [1.82, 2.24) is 15.5 Å². The smallest absolute Gasteiger partial charge is 0.317 e. The number of aliphatic carboxylic acids is 1. The number of carboxylic acid groups (broad SMARTS) is 1. The summed E-state index contributed by atoms with van der Waals surface area (Å²) < 4.78 is 0. The highest BCUT2D eigenvalue weighted by atomic mass is 35.5. The zero-order valence-corrected chi connectivity index (χ0v) is 13.9. The first-order chi connectivity index (χ1) is 11.5. The second kappa shape index (κ2) is 8.54. The summed E-state index contributed by atoms with van der Waals surface area (Å²) in [4.78, 5) is 36.4. The Morgan fingerprint density at radius 2 is 1.83 bits per heavy atom. The first kappa shape index (κ1) is 18.1. The van der Waals surface area contributed by atoms with Crippen molar-refractivity contribution in [2.24, 2.45) is 5.92 Å². The standard InChI is InChI=1S/C16H20ClN3O4/c17-13-5-3-11(4-6-13)14(21)18-7-8-19-16(24)20-9-1-2-12(10-20)15(22)23/h3-6,12H,1-2,7-10H2,(H,18,21)(H,19,24)(H,22,23). The molecule has 8 heteroatoms. The van der Waals surface area contributed by atoms with Gasteiger partial charge in [0, 0.05) is 36.8 Å². The van der Waals surface area contributed by atoms with Gasteiger partial charge >= 0.3 is 12.0 Å². The Hall–Kier alpha value is -2.28. The third kappa shape index (κ3) is 5.13. The van der Waals surface area contributed by atoms with Crippen LogP contribution in [0.15, 0.2) is 24.3 Å². The van der Waals surface area contributed by atoms with Gasteiger partial charge in [-0.2, -0.15) is 0 Å².